The molecule has 248 valence electrons. The fourth-order valence-electron chi connectivity index (χ4n) is 5.39. The van der Waals surface area contributed by atoms with Crippen molar-refractivity contribution in [3.05, 3.63) is 23.5 Å². The fourth-order valence-corrected chi connectivity index (χ4v) is 5.39. The number of carbonyl (C=O) groups is 3. The molecule has 0 spiro atoms. The van der Waals surface area contributed by atoms with Crippen molar-refractivity contribution in [1.82, 2.24) is 10.3 Å². The minimum absolute atomic E-state index is 0.0293. The monoisotopic (exact) mass is 628 g/mol. The highest BCUT2D eigenvalue weighted by Crippen LogP contribution is 2.41. The molecule has 1 saturated heterocycles. The number of ether oxygens (including phenoxy) is 3. The van der Waals surface area contributed by atoms with Gasteiger partial charge in [0.15, 0.2) is 11.9 Å². The van der Waals surface area contributed by atoms with Crippen LogP contribution in [0.5, 0.6) is 0 Å². The zero-order valence-electron chi connectivity index (χ0n) is 27.1. The van der Waals surface area contributed by atoms with Crippen LogP contribution < -0.4 is 11.1 Å². The number of aliphatic imine (C=N–C) groups is 1. The summed E-state index contributed by atoms with van der Waals surface area (Å²) in [6, 6.07) is 3.94. The number of carbonyl (C=O) groups excluding carboxylic acids is 3. The van der Waals surface area contributed by atoms with E-state index in [9.17, 15) is 24.8 Å². The van der Waals surface area contributed by atoms with Gasteiger partial charge in [0, 0.05) is 12.3 Å². The minimum Gasteiger partial charge on any atom is -0.463 e. The third-order valence-corrected chi connectivity index (χ3v) is 8.82. The number of aromatic amines is 1. The summed E-state index contributed by atoms with van der Waals surface area (Å²) < 4.78 is 17.3. The van der Waals surface area contributed by atoms with Gasteiger partial charge in [-0.1, -0.05) is 60.8 Å². The molecule has 1 amide bonds. The molecule has 1 aliphatic heterocycles. The average Bonchev–Trinajstić information content (AvgIpc) is 3.59. The topological polar surface area (TPSA) is 213 Å². The van der Waals surface area contributed by atoms with Crippen LogP contribution in [0, 0.1) is 39.9 Å². The molecule has 2 heterocycles. The van der Waals surface area contributed by atoms with E-state index >= 15 is 0 Å². The number of nitriles is 1. The first-order chi connectivity index (χ1) is 21.1. The number of esters is 2. The third-order valence-electron chi connectivity index (χ3n) is 8.82. The summed E-state index contributed by atoms with van der Waals surface area (Å²) in [5.41, 5.74) is 3.70. The Labute approximate surface area is 264 Å². The normalized spacial score (nSPS) is 25.7. The Morgan fingerprint density at radius 2 is 1.93 bits per heavy atom. The summed E-state index contributed by atoms with van der Waals surface area (Å²) in [5, 5.41) is 32.1. The van der Waals surface area contributed by atoms with Crippen LogP contribution in [-0.4, -0.2) is 71.1 Å². The Hall–Kier alpha value is -3.60. The largest absolute Gasteiger partial charge is 0.463 e. The summed E-state index contributed by atoms with van der Waals surface area (Å²) in [4.78, 5) is 45.5. The number of amides is 1. The molecule has 13 nitrogen and oxygen atoms in total. The Kier molecular flexibility index (Phi) is 12.1. The van der Waals surface area contributed by atoms with Gasteiger partial charge in [0.25, 0.3) is 0 Å². The van der Waals surface area contributed by atoms with Gasteiger partial charge in [0.2, 0.25) is 11.5 Å². The van der Waals surface area contributed by atoms with Crippen molar-refractivity contribution in [2.24, 2.45) is 33.9 Å². The standard InChI is InChI=1S/C32H48N6O7/c1-18(2)19(3)29(41)38-28(36-17-34)21-12-13-23(37-21)32(16-33)27(40)25(44-30(42)26(35)31(4,5)6)22(45-32)15-43-24(39)14-20-10-8-7-9-11-20/h12-13,17-20,22,25-27,37,40H,7-11,14-15,35H2,1-6H3,(H2,34,36,38,41)/t19-,22-,25-,26-,27-,32+/m1/s1. The first-order valence-electron chi connectivity index (χ1n) is 15.6. The van der Waals surface area contributed by atoms with Crippen LogP contribution in [0.25, 0.3) is 0 Å². The molecule has 0 aromatic carbocycles. The van der Waals surface area contributed by atoms with E-state index in [1.807, 2.05) is 19.9 Å². The van der Waals surface area contributed by atoms with Gasteiger partial charge in [-0.15, -0.1) is 0 Å². The lowest BCUT2D eigenvalue weighted by atomic mass is 9.87. The molecule has 1 aromatic rings. The number of aliphatic hydroxyl groups excluding tert-OH is 1. The van der Waals surface area contributed by atoms with Gasteiger partial charge in [-0.05, 0) is 42.2 Å². The van der Waals surface area contributed by atoms with E-state index in [1.165, 1.54) is 12.1 Å². The highest BCUT2D eigenvalue weighted by Gasteiger charge is 2.59. The van der Waals surface area contributed by atoms with Gasteiger partial charge in [0.05, 0.1) is 11.4 Å². The molecule has 0 bridgehead atoms. The number of hydrogen-bond donors (Lipinski definition) is 5. The quantitative estimate of drug-likeness (QED) is 0.138. The van der Waals surface area contributed by atoms with Crippen LogP contribution in [-0.2, 0) is 34.2 Å². The van der Waals surface area contributed by atoms with Crippen LogP contribution in [0.15, 0.2) is 17.1 Å². The number of amidine groups is 1. The van der Waals surface area contributed by atoms with Crippen molar-refractivity contribution in [3.63, 3.8) is 0 Å². The van der Waals surface area contributed by atoms with Crippen LogP contribution in [0.1, 0.15) is 91.5 Å². The molecule has 1 saturated carbocycles. The number of nitrogens with two attached hydrogens (primary N) is 1. The number of aromatic nitrogens is 1. The molecule has 1 aliphatic carbocycles. The van der Waals surface area contributed by atoms with E-state index in [-0.39, 0.29) is 53.9 Å². The minimum atomic E-state index is -2.08. The lowest BCUT2D eigenvalue weighted by molar-refractivity contribution is -0.163. The first-order valence-corrected chi connectivity index (χ1v) is 15.6. The molecule has 2 aliphatic rings. The SMILES string of the molecule is CC(C)[C@@H](C)C(=O)NC(=NC=N)c1ccc([C@]2(C#N)O[C@H](COC(=O)CC3CCCCC3)[C@@H](OC(=O)[C@@H](N)C(C)(C)C)[C@H]2O)[nH]1. The van der Waals surface area contributed by atoms with Crippen molar-refractivity contribution in [1.29, 1.82) is 10.7 Å². The summed E-state index contributed by atoms with van der Waals surface area (Å²) in [6.07, 6.45) is 1.88. The van der Waals surface area contributed by atoms with Crippen molar-refractivity contribution in [2.45, 2.75) is 110 Å². The van der Waals surface area contributed by atoms with Gasteiger partial charge in [-0.3, -0.25) is 19.8 Å². The molecule has 45 heavy (non-hydrogen) atoms. The summed E-state index contributed by atoms with van der Waals surface area (Å²) in [7, 11) is 0. The fraction of sp³-hybridized carbons (Fsp3) is 0.688. The lowest BCUT2D eigenvalue weighted by Crippen LogP contribution is -2.49. The molecule has 0 radical (unpaired) electrons. The van der Waals surface area contributed by atoms with Crippen LogP contribution in [0.2, 0.25) is 0 Å². The molecule has 3 rings (SSSR count). The van der Waals surface area contributed by atoms with Crippen molar-refractivity contribution in [2.75, 3.05) is 6.61 Å². The molecule has 0 unspecified atom stereocenters. The Morgan fingerprint density at radius 3 is 2.51 bits per heavy atom. The molecule has 1 aromatic heterocycles. The zero-order chi connectivity index (χ0) is 33.5. The highest BCUT2D eigenvalue weighted by atomic mass is 16.6. The van der Waals surface area contributed by atoms with E-state index in [0.717, 1.165) is 38.4 Å². The predicted octanol–water partition coefficient (Wildman–Crippen LogP) is 3.05. The number of nitrogens with zero attached hydrogens (tertiary/aromatic N) is 2. The van der Waals surface area contributed by atoms with Gasteiger partial charge < -0.3 is 35.4 Å². The summed E-state index contributed by atoms with van der Waals surface area (Å²) >= 11 is 0. The second-order valence-corrected chi connectivity index (χ2v) is 13.5. The van der Waals surface area contributed by atoms with Crippen molar-refractivity contribution in [3.8, 4) is 6.07 Å². The van der Waals surface area contributed by atoms with Gasteiger partial charge in [-0.2, -0.15) is 5.26 Å². The number of nitrogens with one attached hydrogen (secondary N) is 3. The number of H-pyrrole nitrogens is 1. The number of hydrogen-bond acceptors (Lipinski definition) is 10. The molecule has 6 atom stereocenters. The van der Waals surface area contributed by atoms with Crippen LogP contribution in [0.3, 0.4) is 0 Å². The molecular weight excluding hydrogens is 580 g/mol. The van der Waals surface area contributed by atoms with E-state index in [4.69, 9.17) is 25.4 Å². The molecule has 6 N–H and O–H groups in total. The maximum atomic E-state index is 13.1. The lowest BCUT2D eigenvalue weighted by Gasteiger charge is -2.29. The predicted molar refractivity (Wildman–Crippen MR) is 166 cm³/mol. The molecule has 2 fully saturated rings. The van der Waals surface area contributed by atoms with E-state index < -0.39 is 47.3 Å². The summed E-state index contributed by atoms with van der Waals surface area (Å²) in [6.45, 7) is 10.5. The van der Waals surface area contributed by atoms with Crippen molar-refractivity contribution < 1.29 is 33.7 Å². The third kappa shape index (κ3) is 8.56. The maximum absolute atomic E-state index is 13.1. The van der Waals surface area contributed by atoms with Gasteiger partial charge >= 0.3 is 11.9 Å². The smallest absolute Gasteiger partial charge is 0.323 e. The number of rotatable bonds is 11. The van der Waals surface area contributed by atoms with E-state index in [2.05, 4.69) is 15.3 Å². The van der Waals surface area contributed by atoms with Crippen LogP contribution >= 0.6 is 0 Å². The highest BCUT2D eigenvalue weighted by molar-refractivity contribution is 6.09. The van der Waals surface area contributed by atoms with Gasteiger partial charge in [0.1, 0.15) is 37.3 Å². The maximum Gasteiger partial charge on any atom is 0.323 e. The van der Waals surface area contributed by atoms with E-state index in [1.54, 1.807) is 27.7 Å². The first kappa shape index (κ1) is 35.9. The van der Waals surface area contributed by atoms with Crippen LogP contribution in [0.4, 0.5) is 0 Å². The Bertz CT molecular complexity index is 1290. The Morgan fingerprint density at radius 1 is 1.27 bits per heavy atom. The molecule has 13 heteroatoms. The van der Waals surface area contributed by atoms with Gasteiger partial charge in [-0.25, -0.2) is 4.99 Å². The zero-order valence-corrected chi connectivity index (χ0v) is 27.1. The van der Waals surface area contributed by atoms with E-state index in [0.29, 0.717) is 0 Å². The summed E-state index contributed by atoms with van der Waals surface area (Å²) in [5.74, 6) is -1.60. The van der Waals surface area contributed by atoms with Crippen molar-refractivity contribution >= 4 is 30.0 Å². The average molecular weight is 629 g/mol. The second-order valence-electron chi connectivity index (χ2n) is 13.5. The number of aliphatic hydroxyl groups is 1. The Balaban J connectivity index is 1.89. The second kappa shape index (κ2) is 15.1. The molecular formula is C32H48N6O7.